The highest BCUT2D eigenvalue weighted by Crippen LogP contribution is 2.48. The van der Waals surface area contributed by atoms with Crippen LogP contribution in [0.2, 0.25) is 0 Å². The molecule has 1 saturated heterocycles. The summed E-state index contributed by atoms with van der Waals surface area (Å²) in [6.45, 7) is 1.52. The number of fused-ring (bicyclic) bond motifs is 5. The SMILES string of the molecule is CN(C)c1ccc(-c2nc(O[C@@H]3C[C@H]4C(=O)N[C@]5(C(=O)NS(=O)(=O)C6(C)CC6)C[C@H]5C=CCCCCC[C@H](NC(=O)OC5CCCC5)C(=O)N4C3)c3oc4ccccc4c3n2)cc1. The van der Waals surface area contributed by atoms with Crippen LogP contribution in [0.25, 0.3) is 33.5 Å². The molecule has 16 nitrogen and oxygen atoms in total. The predicted octanol–water partition coefficient (Wildman–Crippen LogP) is 5.89. The Morgan fingerprint density at radius 3 is 2.44 bits per heavy atom. The molecule has 2 aromatic carbocycles. The third-order valence-corrected chi connectivity index (χ3v) is 15.6. The molecule has 5 aliphatic rings. The smallest absolute Gasteiger partial charge is 0.408 e. The molecule has 5 atom stereocenters. The van der Waals surface area contributed by atoms with E-state index in [-0.39, 0.29) is 31.4 Å². The maximum Gasteiger partial charge on any atom is 0.408 e. The molecule has 0 unspecified atom stereocenters. The highest BCUT2D eigenvalue weighted by Gasteiger charge is 2.63. The summed E-state index contributed by atoms with van der Waals surface area (Å²) < 4.78 is 46.5. The Morgan fingerprint density at radius 2 is 1.70 bits per heavy atom. The van der Waals surface area contributed by atoms with Gasteiger partial charge in [0.2, 0.25) is 27.4 Å². The summed E-state index contributed by atoms with van der Waals surface area (Å²) in [6.07, 6.45) is 9.75. The average molecular weight is 882 g/mol. The summed E-state index contributed by atoms with van der Waals surface area (Å²) in [7, 11) is -0.109. The molecule has 17 heteroatoms. The molecule has 9 rings (SSSR count). The third kappa shape index (κ3) is 8.55. The van der Waals surface area contributed by atoms with Gasteiger partial charge in [-0.1, -0.05) is 37.1 Å². The number of nitrogens with zero attached hydrogens (tertiary/aromatic N) is 4. The van der Waals surface area contributed by atoms with Crippen LogP contribution >= 0.6 is 0 Å². The molecule has 4 heterocycles. The van der Waals surface area contributed by atoms with Gasteiger partial charge in [-0.25, -0.2) is 18.2 Å². The third-order valence-electron chi connectivity index (χ3n) is 13.5. The van der Waals surface area contributed by atoms with Crippen molar-refractivity contribution >= 4 is 61.6 Å². The van der Waals surface area contributed by atoms with E-state index in [0.29, 0.717) is 54.6 Å². The first-order chi connectivity index (χ1) is 30.2. The number of allylic oxidation sites excluding steroid dienone is 1. The first-order valence-electron chi connectivity index (χ1n) is 22.2. The molecule has 0 bridgehead atoms. The van der Waals surface area contributed by atoms with Crippen LogP contribution in [0.1, 0.15) is 90.4 Å². The maximum absolute atomic E-state index is 14.8. The van der Waals surface area contributed by atoms with Gasteiger partial charge in [0.1, 0.15) is 40.9 Å². The summed E-state index contributed by atoms with van der Waals surface area (Å²) in [5, 5.41) is 6.52. The number of rotatable bonds is 9. The van der Waals surface area contributed by atoms with Crippen molar-refractivity contribution in [2.75, 3.05) is 25.5 Å². The standard InChI is InChI=1S/C46H55N7O9S/c1-45(23-24-45)63(58,59)51-43(56)46-26-29(46)13-7-5-4-6-8-17-34(47-44(57)61-31-14-9-10-15-31)42(55)53-27-32(25-35(53)40(54)50-46)60-41-38-37(33-16-11-12-18-36(33)62-38)48-39(49-41)28-19-21-30(22-20-28)52(2)3/h7,11-13,16,18-22,29,31-32,34-35H,4-6,8-10,14-15,17,23-27H2,1-3H3,(H,47,57)(H,50,54)(H,51,56)/t29-,32-,34+,35+,46-/m1/s1. The number of aromatic nitrogens is 2. The summed E-state index contributed by atoms with van der Waals surface area (Å²) in [5.41, 5.74) is 1.59. The van der Waals surface area contributed by atoms with Gasteiger partial charge in [-0.3, -0.25) is 19.1 Å². The van der Waals surface area contributed by atoms with Crippen LogP contribution in [0.3, 0.4) is 0 Å². The Hall–Kier alpha value is -5.71. The minimum Gasteiger partial charge on any atom is -0.470 e. The topological polar surface area (TPSA) is 202 Å². The minimum absolute atomic E-state index is 0.00994. The number of para-hydroxylation sites is 1. The van der Waals surface area contributed by atoms with E-state index in [1.807, 2.05) is 79.7 Å². The minimum atomic E-state index is -4.02. The van der Waals surface area contributed by atoms with Crippen LogP contribution in [-0.2, 0) is 29.1 Å². The second kappa shape index (κ2) is 16.8. The fraction of sp³-hybridized carbons (Fsp3) is 0.522. The lowest BCUT2D eigenvalue weighted by molar-refractivity contribution is -0.141. The quantitative estimate of drug-likeness (QED) is 0.169. The number of nitrogens with one attached hydrogen (secondary N) is 3. The number of amides is 4. The van der Waals surface area contributed by atoms with Gasteiger partial charge in [0.25, 0.3) is 11.8 Å². The second-order valence-electron chi connectivity index (χ2n) is 18.3. The van der Waals surface area contributed by atoms with Gasteiger partial charge in [-0.05, 0) is 108 Å². The number of furan rings is 1. The van der Waals surface area contributed by atoms with E-state index in [0.717, 1.165) is 55.2 Å². The first kappa shape index (κ1) is 42.6. The van der Waals surface area contributed by atoms with Crippen molar-refractivity contribution in [3.63, 3.8) is 0 Å². The van der Waals surface area contributed by atoms with Crippen LogP contribution in [0.15, 0.2) is 65.1 Å². The molecule has 334 valence electrons. The molecule has 4 amide bonds. The maximum atomic E-state index is 14.8. The Labute approximate surface area is 366 Å². The predicted molar refractivity (Wildman–Crippen MR) is 235 cm³/mol. The average Bonchev–Trinajstić information content (AvgIpc) is 3.92. The highest BCUT2D eigenvalue weighted by atomic mass is 32.2. The number of sulfonamides is 1. The molecule has 3 aliphatic carbocycles. The molecule has 3 N–H and O–H groups in total. The van der Waals surface area contributed by atoms with Crippen LogP contribution in [0, 0.1) is 5.92 Å². The van der Waals surface area contributed by atoms with Crippen molar-refractivity contribution in [2.45, 2.75) is 125 Å². The van der Waals surface area contributed by atoms with E-state index in [2.05, 4.69) is 15.4 Å². The van der Waals surface area contributed by atoms with E-state index in [4.69, 9.17) is 23.9 Å². The van der Waals surface area contributed by atoms with E-state index < -0.39 is 68.2 Å². The zero-order chi connectivity index (χ0) is 44.1. The summed E-state index contributed by atoms with van der Waals surface area (Å²) in [5.74, 6) is -1.89. The Morgan fingerprint density at radius 1 is 0.952 bits per heavy atom. The van der Waals surface area contributed by atoms with Crippen LogP contribution in [0.5, 0.6) is 5.88 Å². The van der Waals surface area contributed by atoms with Crippen molar-refractivity contribution in [2.24, 2.45) is 5.92 Å². The molecule has 3 saturated carbocycles. The molecule has 2 aliphatic heterocycles. The number of anilines is 1. The molecule has 2 aromatic heterocycles. The molecule has 4 aromatic rings. The van der Waals surface area contributed by atoms with Gasteiger partial charge >= 0.3 is 6.09 Å². The van der Waals surface area contributed by atoms with Crippen LogP contribution in [0.4, 0.5) is 10.5 Å². The lowest BCUT2D eigenvalue weighted by Crippen LogP contribution is -2.58. The highest BCUT2D eigenvalue weighted by molar-refractivity contribution is 7.91. The normalized spacial score (nSPS) is 26.2. The monoisotopic (exact) mass is 881 g/mol. The molecule has 0 radical (unpaired) electrons. The molecule has 63 heavy (non-hydrogen) atoms. The van der Waals surface area contributed by atoms with E-state index in [9.17, 15) is 27.6 Å². The Bertz CT molecular complexity index is 2570. The zero-order valence-electron chi connectivity index (χ0n) is 35.9. The van der Waals surface area contributed by atoms with Crippen molar-refractivity contribution in [3.05, 3.63) is 60.7 Å². The van der Waals surface area contributed by atoms with Crippen molar-refractivity contribution in [1.29, 1.82) is 0 Å². The summed E-state index contributed by atoms with van der Waals surface area (Å²) >= 11 is 0. The van der Waals surface area contributed by atoms with Crippen LogP contribution < -0.4 is 25.0 Å². The number of alkyl carbamates (subject to hydrolysis) is 1. The van der Waals surface area contributed by atoms with Gasteiger partial charge in [0.15, 0.2) is 5.82 Å². The molecule has 0 spiro atoms. The molecule has 4 fully saturated rings. The van der Waals surface area contributed by atoms with Gasteiger partial charge in [-0.2, -0.15) is 4.98 Å². The van der Waals surface area contributed by atoms with Crippen LogP contribution in [-0.4, -0.2) is 102 Å². The molecular weight excluding hydrogens is 827 g/mol. The summed E-state index contributed by atoms with van der Waals surface area (Å²) in [6, 6.07) is 13.1. The Balaban J connectivity index is 1.05. The fourth-order valence-corrected chi connectivity index (χ4v) is 10.4. The van der Waals surface area contributed by atoms with E-state index >= 15 is 0 Å². The van der Waals surface area contributed by atoms with Crippen molar-refractivity contribution in [1.82, 2.24) is 30.2 Å². The lowest BCUT2D eigenvalue weighted by Gasteiger charge is -2.30. The number of hydrogen-bond donors (Lipinski definition) is 3. The zero-order valence-corrected chi connectivity index (χ0v) is 36.7. The van der Waals surface area contributed by atoms with Gasteiger partial charge in [-0.15, -0.1) is 0 Å². The number of carbonyl (C=O) groups is 4. The number of benzene rings is 2. The van der Waals surface area contributed by atoms with Crippen molar-refractivity contribution < 1.29 is 41.5 Å². The second-order valence-corrected chi connectivity index (χ2v) is 20.5. The number of carbonyl (C=O) groups excluding carboxylic acids is 4. The number of hydrogen-bond acceptors (Lipinski definition) is 12. The van der Waals surface area contributed by atoms with E-state index in [1.54, 1.807) is 6.92 Å². The Kier molecular flexibility index (Phi) is 11.3. The first-order valence-corrected chi connectivity index (χ1v) is 23.7. The summed E-state index contributed by atoms with van der Waals surface area (Å²) in [4.78, 5) is 70.1. The fourth-order valence-electron chi connectivity index (χ4n) is 9.12. The van der Waals surface area contributed by atoms with Gasteiger partial charge < -0.3 is 34.3 Å². The van der Waals surface area contributed by atoms with Gasteiger partial charge in [0.05, 0.1) is 11.3 Å². The lowest BCUT2D eigenvalue weighted by atomic mass is 10.0. The number of ether oxygens (including phenoxy) is 2. The van der Waals surface area contributed by atoms with E-state index in [1.165, 1.54) is 4.90 Å². The van der Waals surface area contributed by atoms with Crippen molar-refractivity contribution in [3.8, 4) is 17.3 Å². The molecular formula is C46H55N7O9S. The largest absolute Gasteiger partial charge is 0.470 e. The van der Waals surface area contributed by atoms with Gasteiger partial charge in [0, 0.05) is 43.1 Å².